The molecule has 0 spiro atoms. The number of para-hydroxylation sites is 2. The summed E-state index contributed by atoms with van der Waals surface area (Å²) in [5.41, 5.74) is 2.19. The monoisotopic (exact) mass is 341 g/mol. The topological polar surface area (TPSA) is 64.4 Å². The summed E-state index contributed by atoms with van der Waals surface area (Å²) in [7, 11) is 1.30. The van der Waals surface area contributed by atoms with Gasteiger partial charge in [-0.15, -0.1) is 0 Å². The number of aryl methyl sites for hydroxylation is 1. The van der Waals surface area contributed by atoms with Crippen molar-refractivity contribution in [2.24, 2.45) is 0 Å². The Bertz CT molecular complexity index is 801. The van der Waals surface area contributed by atoms with Crippen molar-refractivity contribution in [3.63, 3.8) is 0 Å². The molecule has 0 aliphatic carbocycles. The van der Waals surface area contributed by atoms with E-state index in [2.05, 4.69) is 22.3 Å². The highest BCUT2D eigenvalue weighted by molar-refractivity contribution is 5.94. The number of amides is 1. The molecule has 1 fully saturated rings. The number of aromatic nitrogens is 2. The number of carbonyl (C=O) groups excluding carboxylic acids is 2. The van der Waals surface area contributed by atoms with Crippen LogP contribution in [0.2, 0.25) is 0 Å². The smallest absolute Gasteiger partial charge is 0.330 e. The van der Waals surface area contributed by atoms with E-state index in [1.807, 2.05) is 18.2 Å². The lowest BCUT2D eigenvalue weighted by molar-refractivity contribution is -0.135. The van der Waals surface area contributed by atoms with Gasteiger partial charge in [-0.3, -0.25) is 4.79 Å². The van der Waals surface area contributed by atoms with E-state index in [0.717, 1.165) is 36.1 Å². The summed E-state index contributed by atoms with van der Waals surface area (Å²) >= 11 is 0. The molecular formula is C19H23N3O3. The highest BCUT2D eigenvalue weighted by Crippen LogP contribution is 2.29. The Hall–Kier alpha value is -2.63. The molecule has 25 heavy (non-hydrogen) atoms. The van der Waals surface area contributed by atoms with Gasteiger partial charge < -0.3 is 14.2 Å². The average molecular weight is 341 g/mol. The first-order valence-corrected chi connectivity index (χ1v) is 8.64. The van der Waals surface area contributed by atoms with E-state index in [9.17, 15) is 9.59 Å². The van der Waals surface area contributed by atoms with E-state index in [-0.39, 0.29) is 5.91 Å². The Morgan fingerprint density at radius 3 is 2.64 bits per heavy atom. The molecule has 132 valence electrons. The first kappa shape index (κ1) is 17.2. The van der Waals surface area contributed by atoms with Crippen LogP contribution < -0.4 is 0 Å². The Labute approximate surface area is 147 Å². The molecule has 3 rings (SSSR count). The third-order valence-electron chi connectivity index (χ3n) is 4.69. The van der Waals surface area contributed by atoms with Crippen LogP contribution in [0.5, 0.6) is 0 Å². The molecule has 0 bridgehead atoms. The molecule has 2 aromatic rings. The van der Waals surface area contributed by atoms with Crippen LogP contribution >= 0.6 is 0 Å². The summed E-state index contributed by atoms with van der Waals surface area (Å²) in [4.78, 5) is 29.8. The van der Waals surface area contributed by atoms with Gasteiger partial charge in [-0.2, -0.15) is 0 Å². The number of benzene rings is 1. The Morgan fingerprint density at radius 1 is 1.24 bits per heavy atom. The van der Waals surface area contributed by atoms with Gasteiger partial charge in [0.25, 0.3) is 0 Å². The van der Waals surface area contributed by atoms with Crippen molar-refractivity contribution in [3.05, 3.63) is 42.2 Å². The molecule has 1 aromatic heterocycles. The molecule has 0 atom stereocenters. The zero-order valence-electron chi connectivity index (χ0n) is 14.6. The van der Waals surface area contributed by atoms with Crippen molar-refractivity contribution in [2.75, 3.05) is 20.2 Å². The second kappa shape index (κ2) is 7.51. The predicted octanol–water partition coefficient (Wildman–Crippen LogP) is 2.49. The molecule has 6 nitrogen and oxygen atoms in total. The van der Waals surface area contributed by atoms with Crippen molar-refractivity contribution in [3.8, 4) is 0 Å². The number of hydrogen-bond acceptors (Lipinski definition) is 4. The van der Waals surface area contributed by atoms with E-state index >= 15 is 0 Å². The summed E-state index contributed by atoms with van der Waals surface area (Å²) in [6.07, 6.45) is 5.11. The largest absolute Gasteiger partial charge is 0.466 e. The SMILES string of the molecule is CCc1nc2ccccc2n1C1CCN(C(=O)/C=C/C(=O)OC)CC1. The lowest BCUT2D eigenvalue weighted by Gasteiger charge is -2.33. The first-order chi connectivity index (χ1) is 12.1. The molecule has 0 N–H and O–H groups in total. The van der Waals surface area contributed by atoms with Crippen LogP contribution in [0.15, 0.2) is 36.4 Å². The normalized spacial score (nSPS) is 15.8. The fraction of sp³-hybridized carbons (Fsp3) is 0.421. The zero-order chi connectivity index (χ0) is 17.8. The predicted molar refractivity (Wildman–Crippen MR) is 95.1 cm³/mol. The average Bonchev–Trinajstić information content (AvgIpc) is 3.04. The maximum atomic E-state index is 12.2. The van der Waals surface area contributed by atoms with Crippen LogP contribution in [0.3, 0.4) is 0 Å². The van der Waals surface area contributed by atoms with Crippen LogP contribution in [0.1, 0.15) is 31.6 Å². The molecule has 0 radical (unpaired) electrons. The van der Waals surface area contributed by atoms with Crippen molar-refractivity contribution < 1.29 is 14.3 Å². The van der Waals surface area contributed by atoms with Crippen LogP contribution in [-0.2, 0) is 20.7 Å². The maximum absolute atomic E-state index is 12.2. The van der Waals surface area contributed by atoms with Gasteiger partial charge in [-0.25, -0.2) is 9.78 Å². The van der Waals surface area contributed by atoms with Gasteiger partial charge in [0.1, 0.15) is 5.82 Å². The van der Waals surface area contributed by atoms with E-state index in [0.29, 0.717) is 19.1 Å². The minimum atomic E-state index is -0.513. The highest BCUT2D eigenvalue weighted by Gasteiger charge is 2.25. The van der Waals surface area contributed by atoms with Gasteiger partial charge in [0, 0.05) is 37.7 Å². The second-order valence-electron chi connectivity index (χ2n) is 6.15. The molecule has 0 unspecified atom stereocenters. The molecule has 6 heteroatoms. The van der Waals surface area contributed by atoms with E-state index in [4.69, 9.17) is 4.98 Å². The number of carbonyl (C=O) groups is 2. The van der Waals surface area contributed by atoms with Gasteiger partial charge in [-0.1, -0.05) is 19.1 Å². The van der Waals surface area contributed by atoms with Crippen molar-refractivity contribution in [2.45, 2.75) is 32.2 Å². The Kier molecular flexibility index (Phi) is 5.16. The minimum absolute atomic E-state index is 0.143. The molecule has 1 saturated heterocycles. The lowest BCUT2D eigenvalue weighted by Crippen LogP contribution is -2.38. The number of methoxy groups -OCH3 is 1. The summed E-state index contributed by atoms with van der Waals surface area (Å²) < 4.78 is 6.85. The van der Waals surface area contributed by atoms with Gasteiger partial charge in [0.2, 0.25) is 5.91 Å². The number of piperidine rings is 1. The van der Waals surface area contributed by atoms with E-state index < -0.39 is 5.97 Å². The Balaban J connectivity index is 1.72. The maximum Gasteiger partial charge on any atom is 0.330 e. The molecule has 1 aromatic carbocycles. The van der Waals surface area contributed by atoms with E-state index in [1.165, 1.54) is 19.3 Å². The summed E-state index contributed by atoms with van der Waals surface area (Å²) in [6.45, 7) is 3.46. The van der Waals surface area contributed by atoms with Gasteiger partial charge in [0.15, 0.2) is 0 Å². The van der Waals surface area contributed by atoms with E-state index in [1.54, 1.807) is 4.90 Å². The fourth-order valence-corrected chi connectivity index (χ4v) is 3.41. The Morgan fingerprint density at radius 2 is 1.96 bits per heavy atom. The number of likely N-dealkylation sites (tertiary alicyclic amines) is 1. The van der Waals surface area contributed by atoms with Crippen molar-refractivity contribution in [1.29, 1.82) is 0 Å². The minimum Gasteiger partial charge on any atom is -0.466 e. The highest BCUT2D eigenvalue weighted by atomic mass is 16.5. The molecule has 0 saturated carbocycles. The molecule has 1 aliphatic rings. The molecular weight excluding hydrogens is 318 g/mol. The lowest BCUT2D eigenvalue weighted by atomic mass is 10.0. The second-order valence-corrected chi connectivity index (χ2v) is 6.15. The zero-order valence-corrected chi connectivity index (χ0v) is 14.6. The fourth-order valence-electron chi connectivity index (χ4n) is 3.41. The summed E-state index contributed by atoms with van der Waals surface area (Å²) in [6, 6.07) is 8.54. The molecule has 1 amide bonds. The van der Waals surface area contributed by atoms with Crippen LogP contribution in [0.25, 0.3) is 11.0 Å². The summed E-state index contributed by atoms with van der Waals surface area (Å²) in [5.74, 6) is 0.437. The van der Waals surface area contributed by atoms with Crippen molar-refractivity contribution >= 4 is 22.9 Å². The first-order valence-electron chi connectivity index (χ1n) is 8.64. The molecule has 1 aliphatic heterocycles. The molecule has 2 heterocycles. The third kappa shape index (κ3) is 3.57. The van der Waals surface area contributed by atoms with Gasteiger partial charge >= 0.3 is 5.97 Å². The number of ether oxygens (including phenoxy) is 1. The quantitative estimate of drug-likeness (QED) is 0.633. The number of esters is 1. The van der Waals surface area contributed by atoms with Crippen LogP contribution in [0, 0.1) is 0 Å². The number of fused-ring (bicyclic) bond motifs is 1. The third-order valence-corrected chi connectivity index (χ3v) is 4.69. The van der Waals surface area contributed by atoms with Crippen LogP contribution in [0.4, 0.5) is 0 Å². The van der Waals surface area contributed by atoms with Crippen molar-refractivity contribution in [1.82, 2.24) is 14.5 Å². The van der Waals surface area contributed by atoms with Gasteiger partial charge in [0.05, 0.1) is 18.1 Å². The van der Waals surface area contributed by atoms with Crippen LogP contribution in [-0.4, -0.2) is 46.5 Å². The number of rotatable bonds is 4. The number of hydrogen-bond donors (Lipinski definition) is 0. The number of nitrogens with zero attached hydrogens (tertiary/aromatic N) is 3. The summed E-state index contributed by atoms with van der Waals surface area (Å²) in [5, 5.41) is 0. The number of imidazole rings is 1. The standard InChI is InChI=1S/C19H23N3O3/c1-3-17-20-15-6-4-5-7-16(15)22(17)14-10-12-21(13-11-14)18(23)8-9-19(24)25-2/h4-9,14H,3,10-13H2,1-2H3/b9-8+. The van der Waals surface area contributed by atoms with Gasteiger partial charge in [-0.05, 0) is 25.0 Å².